The molecule has 0 bridgehead atoms. The highest BCUT2D eigenvalue weighted by atomic mass is 79.9. The van der Waals surface area contributed by atoms with Crippen LogP contribution in [-0.4, -0.2) is 11.9 Å². The van der Waals surface area contributed by atoms with Gasteiger partial charge in [0.05, 0.1) is 5.69 Å². The fourth-order valence-corrected chi connectivity index (χ4v) is 2.41. The lowest BCUT2D eigenvalue weighted by atomic mass is 10.1. The van der Waals surface area contributed by atoms with Gasteiger partial charge in [0.15, 0.2) is 0 Å². The van der Waals surface area contributed by atoms with E-state index in [0.717, 1.165) is 10.2 Å². The van der Waals surface area contributed by atoms with Gasteiger partial charge in [-0.1, -0.05) is 15.9 Å². The van der Waals surface area contributed by atoms with E-state index in [1.54, 1.807) is 5.01 Å². The van der Waals surface area contributed by atoms with Crippen molar-refractivity contribution in [1.29, 1.82) is 0 Å². The van der Waals surface area contributed by atoms with Crippen molar-refractivity contribution in [1.82, 2.24) is 5.43 Å². The van der Waals surface area contributed by atoms with Crippen LogP contribution in [0.15, 0.2) is 28.7 Å². The van der Waals surface area contributed by atoms with Gasteiger partial charge in [-0.05, 0) is 43.0 Å². The predicted molar refractivity (Wildman–Crippen MR) is 65.9 cm³/mol. The number of hydrazine groups is 1. The first-order chi connectivity index (χ1) is 7.74. The molecule has 3 rings (SSSR count). The molecule has 2 fully saturated rings. The third-order valence-electron chi connectivity index (χ3n) is 3.21. The topological polar surface area (TPSA) is 32.3 Å². The van der Waals surface area contributed by atoms with Crippen molar-refractivity contribution in [3.8, 4) is 0 Å². The molecule has 0 spiro atoms. The molecule has 16 heavy (non-hydrogen) atoms. The van der Waals surface area contributed by atoms with E-state index in [1.165, 1.54) is 12.8 Å². The maximum Gasteiger partial charge on any atom is 0.243 e. The van der Waals surface area contributed by atoms with Crippen LogP contribution in [0.1, 0.15) is 19.3 Å². The van der Waals surface area contributed by atoms with E-state index in [2.05, 4.69) is 21.4 Å². The van der Waals surface area contributed by atoms with Gasteiger partial charge in [-0.3, -0.25) is 4.79 Å². The monoisotopic (exact) mass is 280 g/mol. The molecule has 3 nitrogen and oxygen atoms in total. The second-order valence-electron chi connectivity index (χ2n) is 4.48. The number of carbonyl (C=O) groups is 1. The van der Waals surface area contributed by atoms with E-state index >= 15 is 0 Å². The van der Waals surface area contributed by atoms with Crippen LogP contribution in [0.25, 0.3) is 0 Å². The van der Waals surface area contributed by atoms with E-state index < -0.39 is 0 Å². The van der Waals surface area contributed by atoms with Crippen molar-refractivity contribution in [2.75, 3.05) is 5.01 Å². The summed E-state index contributed by atoms with van der Waals surface area (Å²) in [5.41, 5.74) is 4.23. The van der Waals surface area contributed by atoms with Gasteiger partial charge in [0.1, 0.15) is 0 Å². The Morgan fingerprint density at radius 1 is 1.25 bits per heavy atom. The molecule has 1 unspecified atom stereocenters. The van der Waals surface area contributed by atoms with E-state index in [-0.39, 0.29) is 5.91 Å². The third-order valence-corrected chi connectivity index (χ3v) is 3.74. The Hall–Kier alpha value is -0.870. The van der Waals surface area contributed by atoms with Crippen molar-refractivity contribution < 1.29 is 4.79 Å². The maximum absolute atomic E-state index is 11.9. The van der Waals surface area contributed by atoms with E-state index in [4.69, 9.17) is 0 Å². The number of amides is 1. The summed E-state index contributed by atoms with van der Waals surface area (Å²) in [6.45, 7) is 0. The highest BCUT2D eigenvalue weighted by Crippen LogP contribution is 2.37. The number of nitrogens with zero attached hydrogens (tertiary/aromatic N) is 1. The van der Waals surface area contributed by atoms with Gasteiger partial charge >= 0.3 is 0 Å². The summed E-state index contributed by atoms with van der Waals surface area (Å²) in [5, 5.41) is 1.69. The number of benzene rings is 1. The Labute approximate surface area is 103 Å². The molecule has 1 aliphatic heterocycles. The van der Waals surface area contributed by atoms with Crippen LogP contribution in [0, 0.1) is 5.92 Å². The van der Waals surface area contributed by atoms with Gasteiger partial charge in [0.2, 0.25) is 5.91 Å². The highest BCUT2D eigenvalue weighted by Gasteiger charge is 2.39. The molecule has 1 heterocycles. The maximum atomic E-state index is 11.9. The lowest BCUT2D eigenvalue weighted by Gasteiger charge is -2.17. The Bertz CT molecular complexity index is 414. The summed E-state index contributed by atoms with van der Waals surface area (Å²) in [7, 11) is 0. The van der Waals surface area contributed by atoms with Crippen LogP contribution < -0.4 is 10.4 Å². The zero-order chi connectivity index (χ0) is 11.1. The van der Waals surface area contributed by atoms with Gasteiger partial charge in [0, 0.05) is 16.9 Å². The molecule has 4 heteroatoms. The first kappa shape index (κ1) is 10.3. The average molecular weight is 281 g/mol. The molecule has 2 aliphatic rings. The Balaban J connectivity index is 1.79. The number of anilines is 1. The fourth-order valence-electron chi connectivity index (χ4n) is 2.14. The summed E-state index contributed by atoms with van der Waals surface area (Å²) in [4.78, 5) is 11.9. The SMILES string of the molecule is O=C1CC(C2CC2)NN1c1ccc(Br)cc1. The molecule has 1 aliphatic carbocycles. The van der Waals surface area contributed by atoms with Gasteiger partial charge in [-0.15, -0.1) is 0 Å². The molecule has 1 amide bonds. The summed E-state index contributed by atoms with van der Waals surface area (Å²) < 4.78 is 1.03. The minimum absolute atomic E-state index is 0.180. The third kappa shape index (κ3) is 1.87. The second-order valence-corrected chi connectivity index (χ2v) is 5.40. The number of halogens is 1. The first-order valence-corrected chi connectivity index (χ1v) is 6.38. The molecule has 1 aromatic carbocycles. The van der Waals surface area contributed by atoms with Gasteiger partial charge in [-0.25, -0.2) is 10.4 Å². The van der Waals surface area contributed by atoms with Crippen LogP contribution in [0.4, 0.5) is 5.69 Å². The summed E-state index contributed by atoms with van der Waals surface area (Å²) in [6.07, 6.45) is 3.17. The van der Waals surface area contributed by atoms with Crippen molar-refractivity contribution in [3.05, 3.63) is 28.7 Å². The number of nitrogens with one attached hydrogen (secondary N) is 1. The number of hydrogen-bond acceptors (Lipinski definition) is 2. The molecular weight excluding hydrogens is 268 g/mol. The van der Waals surface area contributed by atoms with Crippen molar-refractivity contribution in [2.24, 2.45) is 5.92 Å². The van der Waals surface area contributed by atoms with E-state index in [9.17, 15) is 4.79 Å². The first-order valence-electron chi connectivity index (χ1n) is 5.59. The van der Waals surface area contributed by atoms with Crippen LogP contribution in [0.5, 0.6) is 0 Å². The normalized spacial score (nSPS) is 25.2. The quantitative estimate of drug-likeness (QED) is 0.903. The lowest BCUT2D eigenvalue weighted by molar-refractivity contribution is -0.117. The molecule has 0 aromatic heterocycles. The van der Waals surface area contributed by atoms with Crippen molar-refractivity contribution in [2.45, 2.75) is 25.3 Å². The predicted octanol–water partition coefficient (Wildman–Crippen LogP) is 2.47. The second kappa shape index (κ2) is 3.86. The number of hydrogen-bond donors (Lipinski definition) is 1. The summed E-state index contributed by atoms with van der Waals surface area (Å²) >= 11 is 3.39. The standard InChI is InChI=1S/C12H13BrN2O/c13-9-3-5-10(6-4-9)15-12(16)7-11(14-15)8-1-2-8/h3-6,8,11,14H,1-2,7H2. The molecule has 1 aromatic rings. The molecule has 1 atom stereocenters. The van der Waals surface area contributed by atoms with Crippen LogP contribution >= 0.6 is 15.9 Å². The van der Waals surface area contributed by atoms with Crippen molar-refractivity contribution >= 4 is 27.5 Å². The van der Waals surface area contributed by atoms with Gasteiger partial charge in [-0.2, -0.15) is 0 Å². The van der Waals surface area contributed by atoms with Crippen molar-refractivity contribution in [3.63, 3.8) is 0 Å². The minimum atomic E-state index is 0.180. The zero-order valence-electron chi connectivity index (χ0n) is 8.82. The van der Waals surface area contributed by atoms with Crippen LogP contribution in [0.2, 0.25) is 0 Å². The Morgan fingerprint density at radius 3 is 2.56 bits per heavy atom. The molecular formula is C12H13BrN2O. The van der Waals surface area contributed by atoms with E-state index in [1.807, 2.05) is 24.3 Å². The molecule has 1 saturated heterocycles. The molecule has 1 N–H and O–H groups in total. The summed E-state index contributed by atoms with van der Waals surface area (Å²) in [5.74, 6) is 0.892. The fraction of sp³-hybridized carbons (Fsp3) is 0.417. The molecule has 84 valence electrons. The van der Waals surface area contributed by atoms with Gasteiger partial charge in [0.25, 0.3) is 0 Å². The number of carbonyl (C=O) groups excluding carboxylic acids is 1. The largest absolute Gasteiger partial charge is 0.273 e. The summed E-state index contributed by atoms with van der Waals surface area (Å²) in [6, 6.07) is 8.16. The molecule has 0 radical (unpaired) electrons. The minimum Gasteiger partial charge on any atom is -0.273 e. The number of rotatable bonds is 2. The molecule has 1 saturated carbocycles. The van der Waals surface area contributed by atoms with E-state index in [0.29, 0.717) is 18.4 Å². The van der Waals surface area contributed by atoms with Gasteiger partial charge < -0.3 is 0 Å². The average Bonchev–Trinajstić information content (AvgIpc) is 3.04. The Kier molecular flexibility index (Phi) is 2.48. The zero-order valence-corrected chi connectivity index (χ0v) is 10.4. The lowest BCUT2D eigenvalue weighted by Crippen LogP contribution is -2.38. The smallest absolute Gasteiger partial charge is 0.243 e. The van der Waals surface area contributed by atoms with Crippen LogP contribution in [-0.2, 0) is 4.79 Å². The Morgan fingerprint density at radius 2 is 1.94 bits per heavy atom. The van der Waals surface area contributed by atoms with Crippen LogP contribution in [0.3, 0.4) is 0 Å². The highest BCUT2D eigenvalue weighted by molar-refractivity contribution is 9.10.